The van der Waals surface area contributed by atoms with Crippen molar-refractivity contribution in [2.24, 2.45) is 34.5 Å². The molecule has 0 aromatic carbocycles. The number of nitrogens with zero attached hydrogens (tertiary/aromatic N) is 2. The number of carbonyl (C=O) groups is 1. The summed E-state index contributed by atoms with van der Waals surface area (Å²) in [4.78, 5) is 15.8. The van der Waals surface area contributed by atoms with E-state index in [4.69, 9.17) is 4.74 Å². The van der Waals surface area contributed by atoms with Crippen molar-refractivity contribution >= 4 is 5.97 Å². The maximum Gasteiger partial charge on any atom is 0.306 e. The van der Waals surface area contributed by atoms with Crippen molar-refractivity contribution in [3.63, 3.8) is 0 Å². The van der Waals surface area contributed by atoms with Crippen molar-refractivity contribution in [3.05, 3.63) is 0 Å². The highest BCUT2D eigenvalue weighted by molar-refractivity contribution is 5.69. The molecule has 4 saturated carbocycles. The van der Waals surface area contributed by atoms with Crippen LogP contribution in [0.4, 0.5) is 0 Å². The summed E-state index contributed by atoms with van der Waals surface area (Å²) in [6.45, 7) is 12.1. The van der Waals surface area contributed by atoms with E-state index in [9.17, 15) is 9.90 Å². The summed E-state index contributed by atoms with van der Waals surface area (Å²) >= 11 is 0. The number of quaternary nitrogens is 1. The molecule has 0 amide bonds. The first kappa shape index (κ1) is 29.4. The van der Waals surface area contributed by atoms with Gasteiger partial charge in [0, 0.05) is 24.3 Å². The zero-order valence-corrected chi connectivity index (χ0v) is 26.4. The molecule has 0 aromatic rings. The monoisotopic (exact) mass is 557 g/mol. The molecule has 2 aliphatic heterocycles. The molecule has 1 N–H and O–H groups in total. The van der Waals surface area contributed by atoms with Crippen LogP contribution in [0.5, 0.6) is 0 Å². The van der Waals surface area contributed by atoms with Crippen molar-refractivity contribution in [1.82, 2.24) is 4.90 Å². The molecule has 228 valence electrons. The van der Waals surface area contributed by atoms with Gasteiger partial charge in [0.05, 0.1) is 26.2 Å². The highest BCUT2D eigenvalue weighted by Crippen LogP contribution is 2.67. The van der Waals surface area contributed by atoms with Crippen molar-refractivity contribution in [2.45, 2.75) is 148 Å². The van der Waals surface area contributed by atoms with Gasteiger partial charge in [0.1, 0.15) is 6.04 Å². The zero-order valence-electron chi connectivity index (χ0n) is 26.4. The Morgan fingerprint density at radius 1 is 0.925 bits per heavy atom. The Kier molecular flexibility index (Phi) is 8.42. The second kappa shape index (κ2) is 11.5. The highest BCUT2D eigenvalue weighted by Gasteiger charge is 2.67. The molecule has 40 heavy (non-hydrogen) atoms. The minimum absolute atomic E-state index is 0.0456. The molecule has 0 aromatic heterocycles. The maximum absolute atomic E-state index is 13.1. The van der Waals surface area contributed by atoms with E-state index >= 15 is 0 Å². The lowest BCUT2D eigenvalue weighted by Crippen LogP contribution is -2.61. The molecule has 0 spiro atoms. The average Bonchev–Trinajstić information content (AvgIpc) is 3.07. The first-order valence-corrected chi connectivity index (χ1v) is 17.7. The van der Waals surface area contributed by atoms with E-state index in [0.29, 0.717) is 35.8 Å². The fourth-order valence-electron chi connectivity index (χ4n) is 11.8. The molecule has 0 unspecified atom stereocenters. The van der Waals surface area contributed by atoms with E-state index in [2.05, 4.69) is 32.7 Å². The van der Waals surface area contributed by atoms with Crippen molar-refractivity contribution < 1.29 is 19.1 Å². The first-order valence-electron chi connectivity index (χ1n) is 17.7. The predicted molar refractivity (Wildman–Crippen MR) is 161 cm³/mol. The molecular formula is C35H61N2O3+. The topological polar surface area (TPSA) is 49.8 Å². The largest absolute Gasteiger partial charge is 0.455 e. The Morgan fingerprint density at radius 2 is 1.62 bits per heavy atom. The summed E-state index contributed by atoms with van der Waals surface area (Å²) in [5.74, 6) is 2.87. The summed E-state index contributed by atoms with van der Waals surface area (Å²) in [5, 5.41) is 11.4. The van der Waals surface area contributed by atoms with Crippen molar-refractivity contribution in [1.29, 1.82) is 0 Å². The van der Waals surface area contributed by atoms with Crippen LogP contribution >= 0.6 is 0 Å². The Balaban J connectivity index is 1.28. The standard InChI is InChI=1S/C35H61N2O3/c1-5-13-32(39)40-33-30(37(4)20-11-6-7-12-21-37)23-28-26-15-14-25-22-31(38)29(36-18-9-8-10-19-36)24-35(25,3)27(26)16-17-34(28,33)2/h25-31,33,38H,5-24H2,1-4H3/q+1/t25-,26+,27-,28-,29-,30-,31-,33-,34-,35-/m0/s1. The van der Waals surface area contributed by atoms with E-state index in [1.54, 1.807) is 0 Å². The number of esters is 1. The van der Waals surface area contributed by atoms with Crippen LogP contribution in [-0.2, 0) is 9.53 Å². The highest BCUT2D eigenvalue weighted by atomic mass is 16.5. The van der Waals surface area contributed by atoms with Gasteiger partial charge in [-0.05, 0) is 126 Å². The molecule has 10 atom stereocenters. The Labute approximate surface area is 245 Å². The van der Waals surface area contributed by atoms with Gasteiger partial charge in [0.2, 0.25) is 0 Å². The van der Waals surface area contributed by atoms with E-state index in [0.717, 1.165) is 29.2 Å². The Morgan fingerprint density at radius 3 is 2.33 bits per heavy atom. The number of aliphatic hydroxyl groups is 1. The van der Waals surface area contributed by atoms with Gasteiger partial charge in [-0.2, -0.15) is 0 Å². The lowest BCUT2D eigenvalue weighted by atomic mass is 9.44. The number of hydrogen-bond acceptors (Lipinski definition) is 4. The van der Waals surface area contributed by atoms with E-state index in [-0.39, 0.29) is 23.6 Å². The summed E-state index contributed by atoms with van der Waals surface area (Å²) in [5.41, 5.74) is 0.436. The van der Waals surface area contributed by atoms with Crippen molar-refractivity contribution in [2.75, 3.05) is 33.2 Å². The molecule has 5 heteroatoms. The molecule has 6 rings (SSSR count). The van der Waals surface area contributed by atoms with E-state index in [1.807, 2.05) is 0 Å². The molecule has 2 saturated heterocycles. The lowest BCUT2D eigenvalue weighted by Gasteiger charge is -2.62. The summed E-state index contributed by atoms with van der Waals surface area (Å²) < 4.78 is 7.75. The maximum atomic E-state index is 13.1. The van der Waals surface area contributed by atoms with Gasteiger partial charge in [-0.15, -0.1) is 0 Å². The quantitative estimate of drug-likeness (QED) is 0.307. The summed E-state index contributed by atoms with van der Waals surface area (Å²) in [6.07, 6.45) is 19.2. The number of likely N-dealkylation sites (tertiary alicyclic amines) is 2. The fourth-order valence-corrected chi connectivity index (χ4v) is 11.8. The minimum Gasteiger partial charge on any atom is -0.455 e. The van der Waals surface area contributed by atoms with Crippen LogP contribution in [-0.4, -0.2) is 78.0 Å². The number of rotatable bonds is 5. The molecule has 6 aliphatic rings. The zero-order chi connectivity index (χ0) is 28.1. The number of hydrogen-bond donors (Lipinski definition) is 1. The minimum atomic E-state index is -0.146. The van der Waals surface area contributed by atoms with Gasteiger partial charge in [0.25, 0.3) is 0 Å². The summed E-state index contributed by atoms with van der Waals surface area (Å²) in [6, 6.07) is 0.807. The summed E-state index contributed by atoms with van der Waals surface area (Å²) in [7, 11) is 2.51. The normalized spacial score (nSPS) is 47.4. The number of piperidine rings is 1. The number of carbonyl (C=O) groups excluding carboxylic acids is 1. The van der Waals surface area contributed by atoms with Crippen LogP contribution in [0, 0.1) is 34.5 Å². The molecule has 2 heterocycles. The average molecular weight is 558 g/mol. The fraction of sp³-hybridized carbons (Fsp3) is 0.971. The van der Waals surface area contributed by atoms with Crippen LogP contribution in [0.2, 0.25) is 0 Å². The van der Waals surface area contributed by atoms with Gasteiger partial charge < -0.3 is 14.3 Å². The van der Waals surface area contributed by atoms with Gasteiger partial charge in [-0.3, -0.25) is 9.69 Å². The molecule has 0 radical (unpaired) electrons. The van der Waals surface area contributed by atoms with Gasteiger partial charge >= 0.3 is 5.97 Å². The molecule has 0 bridgehead atoms. The molecule has 6 fully saturated rings. The van der Waals surface area contributed by atoms with Gasteiger partial charge in [-0.1, -0.05) is 27.2 Å². The van der Waals surface area contributed by atoms with Crippen LogP contribution < -0.4 is 0 Å². The third-order valence-corrected chi connectivity index (χ3v) is 14.1. The van der Waals surface area contributed by atoms with Crippen LogP contribution in [0.1, 0.15) is 124 Å². The smallest absolute Gasteiger partial charge is 0.306 e. The number of fused-ring (bicyclic) bond motifs is 5. The number of likely N-dealkylation sites (N-methyl/N-ethyl adjacent to an activating group) is 1. The van der Waals surface area contributed by atoms with Gasteiger partial charge in [0.15, 0.2) is 6.10 Å². The third kappa shape index (κ3) is 5.00. The third-order valence-electron chi connectivity index (χ3n) is 14.1. The second-order valence-corrected chi connectivity index (χ2v) is 16.2. The van der Waals surface area contributed by atoms with Crippen LogP contribution in [0.15, 0.2) is 0 Å². The van der Waals surface area contributed by atoms with Crippen LogP contribution in [0.25, 0.3) is 0 Å². The van der Waals surface area contributed by atoms with E-state index < -0.39 is 0 Å². The first-order chi connectivity index (χ1) is 19.2. The number of ether oxygens (including phenoxy) is 1. The van der Waals surface area contributed by atoms with Crippen LogP contribution in [0.3, 0.4) is 0 Å². The number of aliphatic hydroxyl groups excluding tert-OH is 1. The van der Waals surface area contributed by atoms with Gasteiger partial charge in [-0.25, -0.2) is 0 Å². The SMILES string of the molecule is CCCC(=O)O[C@H]1[C@@H]([N+]2(C)CCCCCC2)C[C@H]2[C@@H]3CC[C@H]4C[C@H](O)[C@@H](N5CCCCC5)C[C@]4(C)[C@H]3CC[C@@]21C. The van der Waals surface area contributed by atoms with E-state index in [1.165, 1.54) is 110 Å². The molecule has 5 nitrogen and oxygen atoms in total. The second-order valence-electron chi connectivity index (χ2n) is 16.2. The molecule has 4 aliphatic carbocycles. The Bertz CT molecular complexity index is 895. The van der Waals surface area contributed by atoms with Crippen molar-refractivity contribution in [3.8, 4) is 0 Å². The predicted octanol–water partition coefficient (Wildman–Crippen LogP) is 6.57. The Hall–Kier alpha value is -0.650. The molecular weight excluding hydrogens is 496 g/mol. The lowest BCUT2D eigenvalue weighted by molar-refractivity contribution is -0.935.